The van der Waals surface area contributed by atoms with E-state index in [1.807, 2.05) is 6.07 Å². The smallest absolute Gasteiger partial charge is 0.416 e. The van der Waals surface area contributed by atoms with Gasteiger partial charge in [-0.25, -0.2) is 19.4 Å². The van der Waals surface area contributed by atoms with Crippen molar-refractivity contribution in [2.75, 3.05) is 23.0 Å². The summed E-state index contributed by atoms with van der Waals surface area (Å²) in [4.78, 5) is 26.5. The van der Waals surface area contributed by atoms with Crippen molar-refractivity contribution < 1.29 is 19.1 Å². The molecule has 110 valence electrons. The number of amides is 2. The molecule has 1 aromatic carbocycles. The van der Waals surface area contributed by atoms with Crippen LogP contribution in [0.15, 0.2) is 24.3 Å². The fraction of sp³-hybridized carbons (Fsp3) is 0.357. The molecule has 2 amide bonds. The molecular formula is C14H15N3O4. The van der Waals surface area contributed by atoms with Crippen molar-refractivity contribution in [3.8, 4) is 6.07 Å². The topological polar surface area (TPSA) is 82.9 Å². The second-order valence-electron chi connectivity index (χ2n) is 4.13. The summed E-state index contributed by atoms with van der Waals surface area (Å²) in [6.45, 7) is 3.69. The summed E-state index contributed by atoms with van der Waals surface area (Å²) in [5.74, 6) is 0. The minimum absolute atomic E-state index is 0.176. The number of nitrogens with zero attached hydrogens (tertiary/aromatic N) is 3. The number of carbonyl (C=O) groups is 2. The largest absolute Gasteiger partial charge is 0.449 e. The maximum atomic E-state index is 12.1. The first-order valence-corrected chi connectivity index (χ1v) is 6.56. The van der Waals surface area contributed by atoms with Gasteiger partial charge in [-0.1, -0.05) is 12.1 Å². The van der Waals surface area contributed by atoms with E-state index in [0.717, 1.165) is 9.80 Å². The molecule has 1 aromatic rings. The molecule has 7 nitrogen and oxygen atoms in total. The van der Waals surface area contributed by atoms with Crippen molar-refractivity contribution in [1.82, 2.24) is 0 Å². The number of nitriles is 1. The monoisotopic (exact) mass is 289 g/mol. The fourth-order valence-electron chi connectivity index (χ4n) is 2.15. The minimum atomic E-state index is -1.12. The van der Waals surface area contributed by atoms with E-state index < -0.39 is 18.4 Å². The summed E-state index contributed by atoms with van der Waals surface area (Å²) >= 11 is 0. The van der Waals surface area contributed by atoms with Crippen LogP contribution in [0, 0.1) is 11.3 Å². The van der Waals surface area contributed by atoms with Crippen LogP contribution >= 0.6 is 0 Å². The van der Waals surface area contributed by atoms with Gasteiger partial charge in [0.05, 0.1) is 24.6 Å². The zero-order valence-electron chi connectivity index (χ0n) is 11.8. The Morgan fingerprint density at radius 1 is 1.10 bits per heavy atom. The highest BCUT2D eigenvalue weighted by Gasteiger charge is 2.44. The van der Waals surface area contributed by atoms with Crippen LogP contribution in [-0.2, 0) is 9.47 Å². The molecule has 0 saturated heterocycles. The average Bonchev–Trinajstić information content (AvgIpc) is 2.82. The molecular weight excluding hydrogens is 274 g/mol. The second-order valence-corrected chi connectivity index (χ2v) is 4.13. The first kappa shape index (κ1) is 14.7. The molecule has 0 atom stereocenters. The molecule has 0 saturated carbocycles. The van der Waals surface area contributed by atoms with E-state index in [1.165, 1.54) is 0 Å². The lowest BCUT2D eigenvalue weighted by molar-refractivity contribution is 0.154. The van der Waals surface area contributed by atoms with E-state index in [4.69, 9.17) is 9.47 Å². The van der Waals surface area contributed by atoms with E-state index in [1.54, 1.807) is 38.1 Å². The fourth-order valence-corrected chi connectivity index (χ4v) is 2.15. The Bertz CT molecular complexity index is 551. The number of anilines is 2. The summed E-state index contributed by atoms with van der Waals surface area (Å²) in [5, 5.41) is 9.36. The lowest BCUT2D eigenvalue weighted by Crippen LogP contribution is -2.48. The predicted molar refractivity (Wildman–Crippen MR) is 74.8 cm³/mol. The number of carbonyl (C=O) groups excluding carboxylic acids is 2. The summed E-state index contributed by atoms with van der Waals surface area (Å²) in [5.41, 5.74) is 0.881. The van der Waals surface area contributed by atoms with Crippen LogP contribution in [0.25, 0.3) is 0 Å². The number of benzene rings is 1. The Labute approximate surface area is 122 Å². The van der Waals surface area contributed by atoms with Gasteiger partial charge in [0.15, 0.2) is 0 Å². The van der Waals surface area contributed by atoms with E-state index in [-0.39, 0.29) is 13.2 Å². The molecule has 0 N–H and O–H groups in total. The lowest BCUT2D eigenvalue weighted by Gasteiger charge is -2.23. The Hall–Kier alpha value is -2.75. The number of ether oxygens (including phenoxy) is 2. The van der Waals surface area contributed by atoms with Crippen LogP contribution in [0.2, 0.25) is 0 Å². The Kier molecular flexibility index (Phi) is 4.28. The quantitative estimate of drug-likeness (QED) is 0.835. The van der Waals surface area contributed by atoms with Gasteiger partial charge in [0.1, 0.15) is 6.07 Å². The summed E-state index contributed by atoms with van der Waals surface area (Å²) in [6.07, 6.45) is -2.48. The van der Waals surface area contributed by atoms with Gasteiger partial charge in [0, 0.05) is 0 Å². The van der Waals surface area contributed by atoms with E-state index in [9.17, 15) is 14.9 Å². The first-order chi connectivity index (χ1) is 10.2. The third kappa shape index (κ3) is 2.48. The van der Waals surface area contributed by atoms with Crippen molar-refractivity contribution in [2.45, 2.75) is 20.0 Å². The molecule has 7 heteroatoms. The number of hydrogen-bond donors (Lipinski definition) is 0. The SMILES string of the molecule is CCOC(=O)N1c2ccccc2N(C(=O)OCC)C1C#N. The van der Waals surface area contributed by atoms with Gasteiger partial charge in [-0.05, 0) is 26.0 Å². The summed E-state index contributed by atoms with van der Waals surface area (Å²) in [7, 11) is 0. The van der Waals surface area contributed by atoms with Crippen molar-refractivity contribution in [3.05, 3.63) is 24.3 Å². The molecule has 0 unspecified atom stereocenters. The molecule has 1 heterocycles. The number of hydrogen-bond acceptors (Lipinski definition) is 5. The molecule has 0 spiro atoms. The maximum absolute atomic E-state index is 12.1. The molecule has 21 heavy (non-hydrogen) atoms. The molecule has 0 bridgehead atoms. The first-order valence-electron chi connectivity index (χ1n) is 6.56. The minimum Gasteiger partial charge on any atom is -0.449 e. The van der Waals surface area contributed by atoms with Gasteiger partial charge < -0.3 is 9.47 Å². The zero-order valence-corrected chi connectivity index (χ0v) is 11.8. The van der Waals surface area contributed by atoms with E-state index >= 15 is 0 Å². The average molecular weight is 289 g/mol. The summed E-state index contributed by atoms with van der Waals surface area (Å²) < 4.78 is 9.92. The molecule has 1 aliphatic rings. The highest BCUT2D eigenvalue weighted by atomic mass is 16.6. The standard InChI is InChI=1S/C14H15N3O4/c1-3-20-13(18)16-10-7-5-6-8-11(10)17(12(16)9-15)14(19)21-4-2/h5-8,12H,3-4H2,1-2H3. The second kappa shape index (κ2) is 6.13. The van der Waals surface area contributed by atoms with Crippen LogP contribution in [0.3, 0.4) is 0 Å². The molecule has 1 aliphatic heterocycles. The van der Waals surface area contributed by atoms with Gasteiger partial charge in [-0.2, -0.15) is 5.26 Å². The third-order valence-electron chi connectivity index (χ3n) is 2.93. The van der Waals surface area contributed by atoms with Crippen molar-refractivity contribution in [2.24, 2.45) is 0 Å². The Balaban J connectivity index is 2.47. The van der Waals surface area contributed by atoms with Crippen LogP contribution in [0.1, 0.15) is 13.8 Å². The van der Waals surface area contributed by atoms with E-state index in [0.29, 0.717) is 11.4 Å². The molecule has 0 aliphatic carbocycles. The number of rotatable bonds is 2. The zero-order chi connectivity index (χ0) is 15.4. The molecule has 0 fully saturated rings. The normalized spacial score (nSPS) is 13.6. The molecule has 2 rings (SSSR count). The van der Waals surface area contributed by atoms with Gasteiger partial charge in [0.2, 0.25) is 6.17 Å². The van der Waals surface area contributed by atoms with Crippen molar-refractivity contribution >= 4 is 23.6 Å². The van der Waals surface area contributed by atoms with Crippen molar-refractivity contribution in [3.63, 3.8) is 0 Å². The molecule has 0 radical (unpaired) electrons. The third-order valence-corrected chi connectivity index (χ3v) is 2.93. The van der Waals surface area contributed by atoms with Gasteiger partial charge in [-0.3, -0.25) is 0 Å². The van der Waals surface area contributed by atoms with Crippen LogP contribution in [0.5, 0.6) is 0 Å². The predicted octanol–water partition coefficient (Wildman–Crippen LogP) is 2.48. The van der Waals surface area contributed by atoms with E-state index in [2.05, 4.69) is 0 Å². The van der Waals surface area contributed by atoms with Crippen LogP contribution < -0.4 is 9.80 Å². The van der Waals surface area contributed by atoms with Crippen LogP contribution in [-0.4, -0.2) is 31.6 Å². The number of para-hydroxylation sites is 2. The highest BCUT2D eigenvalue weighted by Crippen LogP contribution is 2.40. The maximum Gasteiger partial charge on any atom is 0.416 e. The van der Waals surface area contributed by atoms with Gasteiger partial charge in [0.25, 0.3) is 0 Å². The van der Waals surface area contributed by atoms with Gasteiger partial charge in [-0.15, -0.1) is 0 Å². The molecule has 0 aromatic heterocycles. The highest BCUT2D eigenvalue weighted by molar-refractivity contribution is 6.05. The van der Waals surface area contributed by atoms with Crippen LogP contribution in [0.4, 0.5) is 21.0 Å². The Morgan fingerprint density at radius 3 is 1.86 bits per heavy atom. The Morgan fingerprint density at radius 2 is 1.52 bits per heavy atom. The van der Waals surface area contributed by atoms with Crippen molar-refractivity contribution in [1.29, 1.82) is 5.26 Å². The van der Waals surface area contributed by atoms with Gasteiger partial charge >= 0.3 is 12.2 Å². The number of fused-ring (bicyclic) bond motifs is 1. The lowest BCUT2D eigenvalue weighted by atomic mass is 10.2. The summed E-state index contributed by atoms with van der Waals surface area (Å²) in [6, 6.07) is 8.67.